The maximum Gasteiger partial charge on any atom is 4.00 e. The van der Waals surface area contributed by atoms with Crippen LogP contribution < -0.4 is 24.8 Å². The van der Waals surface area contributed by atoms with E-state index in [4.69, 9.17) is 0 Å². The summed E-state index contributed by atoms with van der Waals surface area (Å²) < 4.78 is 0. The molecule has 0 nitrogen and oxygen atoms in total. The molecule has 0 aliphatic carbocycles. The van der Waals surface area contributed by atoms with Crippen LogP contribution in [0.15, 0.2) is 48.5 Å². The van der Waals surface area contributed by atoms with Gasteiger partial charge in [-0.3, -0.25) is 0 Å². The van der Waals surface area contributed by atoms with Crippen LogP contribution in [0.1, 0.15) is 50.7 Å². The van der Waals surface area contributed by atoms with Crippen molar-refractivity contribution in [3.8, 4) is 0 Å². The second-order valence-electron chi connectivity index (χ2n) is 4.75. The Balaban J connectivity index is -0.000000233. The number of hydrogen-bond acceptors (Lipinski definition) is 0. The molecule has 0 aliphatic rings. The minimum Gasteiger partial charge on any atom is -1.00 e. The zero-order valence-electron chi connectivity index (χ0n) is 12.0. The van der Waals surface area contributed by atoms with Gasteiger partial charge in [0.15, 0.2) is 0 Å². The van der Waals surface area contributed by atoms with Crippen molar-refractivity contribution < 1.29 is 50.7 Å². The standard InChI is InChI=1S/2C8H11.2ClH.Hf/c2*1-7(2)8-5-3-4-6-8;;;/h2*3-7H,1-2H3;2*1H;/q2*-1;;;+4/p-2. The fraction of sp³-hybridized carbons (Fsp3) is 0.375. The van der Waals surface area contributed by atoms with Crippen molar-refractivity contribution in [1.29, 1.82) is 0 Å². The van der Waals surface area contributed by atoms with Crippen LogP contribution in [-0.4, -0.2) is 0 Å². The largest absolute Gasteiger partial charge is 4.00 e. The van der Waals surface area contributed by atoms with Crippen LogP contribution in [0.5, 0.6) is 0 Å². The molecule has 0 heterocycles. The van der Waals surface area contributed by atoms with Crippen molar-refractivity contribution in [3.05, 3.63) is 59.7 Å². The Bertz CT molecular complexity index is 323. The van der Waals surface area contributed by atoms with Crippen molar-refractivity contribution in [2.24, 2.45) is 0 Å². The minimum absolute atomic E-state index is 0. The van der Waals surface area contributed by atoms with E-state index in [1.165, 1.54) is 11.1 Å². The molecule has 0 N–H and O–H groups in total. The van der Waals surface area contributed by atoms with Gasteiger partial charge in [-0.05, 0) is 0 Å². The van der Waals surface area contributed by atoms with Crippen molar-refractivity contribution in [2.75, 3.05) is 0 Å². The molecule has 0 atom stereocenters. The first kappa shape index (κ1) is 24.2. The molecule has 0 aromatic heterocycles. The summed E-state index contributed by atoms with van der Waals surface area (Å²) in [6.45, 7) is 8.81. The van der Waals surface area contributed by atoms with E-state index in [0.717, 1.165) is 0 Å². The van der Waals surface area contributed by atoms with Gasteiger partial charge in [0.05, 0.1) is 0 Å². The van der Waals surface area contributed by atoms with Gasteiger partial charge in [0.25, 0.3) is 0 Å². The van der Waals surface area contributed by atoms with Crippen LogP contribution in [0.3, 0.4) is 0 Å². The normalized spacial score (nSPS) is 8.74. The summed E-state index contributed by atoms with van der Waals surface area (Å²) in [4.78, 5) is 0. The second kappa shape index (κ2) is 13.1. The fourth-order valence-electron chi connectivity index (χ4n) is 1.55. The zero-order chi connectivity index (χ0) is 12.0. The van der Waals surface area contributed by atoms with E-state index < -0.39 is 0 Å². The summed E-state index contributed by atoms with van der Waals surface area (Å²) in [7, 11) is 0. The summed E-state index contributed by atoms with van der Waals surface area (Å²) in [6, 6.07) is 16.9. The van der Waals surface area contributed by atoms with E-state index in [-0.39, 0.29) is 50.7 Å². The molecule has 0 radical (unpaired) electrons. The smallest absolute Gasteiger partial charge is 1.00 e. The molecular weight excluding hydrogens is 442 g/mol. The van der Waals surface area contributed by atoms with Crippen LogP contribution in [0.4, 0.5) is 0 Å². The average Bonchev–Trinajstić information content (AvgIpc) is 2.93. The molecule has 0 unspecified atom stereocenters. The van der Waals surface area contributed by atoms with Gasteiger partial charge in [0.1, 0.15) is 0 Å². The molecule has 0 fully saturated rings. The van der Waals surface area contributed by atoms with Crippen molar-refractivity contribution >= 4 is 0 Å². The summed E-state index contributed by atoms with van der Waals surface area (Å²) in [5, 5.41) is 0. The summed E-state index contributed by atoms with van der Waals surface area (Å²) in [5.74, 6) is 1.37. The molecule has 3 heteroatoms. The first-order valence-corrected chi connectivity index (χ1v) is 6.04. The van der Waals surface area contributed by atoms with Crippen LogP contribution >= 0.6 is 0 Å². The van der Waals surface area contributed by atoms with Gasteiger partial charge in [0, 0.05) is 0 Å². The Labute approximate surface area is 149 Å². The number of halogens is 2. The molecule has 2 aromatic carbocycles. The monoisotopic (exact) mass is 464 g/mol. The van der Waals surface area contributed by atoms with Gasteiger partial charge < -0.3 is 24.8 Å². The van der Waals surface area contributed by atoms with E-state index >= 15 is 0 Å². The van der Waals surface area contributed by atoms with Crippen LogP contribution in [0.25, 0.3) is 0 Å². The van der Waals surface area contributed by atoms with Gasteiger partial charge >= 0.3 is 25.8 Å². The topological polar surface area (TPSA) is 0 Å². The third-order valence-corrected chi connectivity index (χ3v) is 2.71. The maximum absolute atomic E-state index is 2.20. The Kier molecular flexibility index (Phi) is 16.7. The van der Waals surface area contributed by atoms with E-state index in [9.17, 15) is 0 Å². The summed E-state index contributed by atoms with van der Waals surface area (Å²) >= 11 is 0. The second-order valence-corrected chi connectivity index (χ2v) is 4.75. The molecule has 0 spiro atoms. The number of rotatable bonds is 2. The fourth-order valence-corrected chi connectivity index (χ4v) is 1.55. The van der Waals surface area contributed by atoms with E-state index in [0.29, 0.717) is 11.8 Å². The van der Waals surface area contributed by atoms with Gasteiger partial charge in [-0.25, -0.2) is 24.3 Å². The van der Waals surface area contributed by atoms with E-state index in [1.807, 2.05) is 0 Å². The van der Waals surface area contributed by atoms with Gasteiger partial charge in [0.2, 0.25) is 0 Å². The predicted molar refractivity (Wildman–Crippen MR) is 72.2 cm³/mol. The van der Waals surface area contributed by atoms with E-state index in [1.54, 1.807) is 0 Å². The van der Waals surface area contributed by atoms with Gasteiger partial charge in [-0.2, -0.15) is 35.4 Å². The molecule has 19 heavy (non-hydrogen) atoms. The van der Waals surface area contributed by atoms with Gasteiger partial charge in [-0.15, -0.1) is 0 Å². The molecular formula is C16H22Cl2Hf. The van der Waals surface area contributed by atoms with E-state index in [2.05, 4.69) is 76.2 Å². The Morgan fingerprint density at radius 2 is 0.789 bits per heavy atom. The quantitative estimate of drug-likeness (QED) is 0.399. The van der Waals surface area contributed by atoms with Crippen LogP contribution in [0.2, 0.25) is 0 Å². The molecule has 0 aliphatic heterocycles. The molecule has 104 valence electrons. The first-order valence-electron chi connectivity index (χ1n) is 6.04. The Morgan fingerprint density at radius 3 is 0.895 bits per heavy atom. The third-order valence-electron chi connectivity index (χ3n) is 2.71. The zero-order valence-corrected chi connectivity index (χ0v) is 17.1. The molecule has 2 rings (SSSR count). The predicted octanol–water partition coefficient (Wildman–Crippen LogP) is -0.937. The average molecular weight is 464 g/mol. The SMILES string of the molecule is CC(C)[c-]1cccc1.CC(C)[c-]1cccc1.[Cl-].[Cl-].[Hf+4]. The summed E-state index contributed by atoms with van der Waals surface area (Å²) in [6.07, 6.45) is 0. The molecule has 0 saturated heterocycles. The maximum atomic E-state index is 2.20. The first-order chi connectivity index (χ1) is 7.61. The minimum atomic E-state index is 0. The Hall–Kier alpha value is 0.150. The summed E-state index contributed by atoms with van der Waals surface area (Å²) in [5.41, 5.74) is 2.87. The van der Waals surface area contributed by atoms with Crippen molar-refractivity contribution in [2.45, 2.75) is 39.5 Å². The van der Waals surface area contributed by atoms with Crippen LogP contribution in [0, 0.1) is 0 Å². The van der Waals surface area contributed by atoms with Crippen LogP contribution in [-0.2, 0) is 25.8 Å². The third kappa shape index (κ3) is 9.65. The number of hydrogen-bond donors (Lipinski definition) is 0. The Morgan fingerprint density at radius 1 is 0.579 bits per heavy atom. The molecule has 0 bridgehead atoms. The van der Waals surface area contributed by atoms with Gasteiger partial charge in [-0.1, -0.05) is 39.5 Å². The molecule has 2 aromatic rings. The van der Waals surface area contributed by atoms with Crippen molar-refractivity contribution in [3.63, 3.8) is 0 Å². The molecule has 0 saturated carbocycles. The van der Waals surface area contributed by atoms with Crippen molar-refractivity contribution in [1.82, 2.24) is 0 Å². The molecule has 0 amide bonds.